The number of likely N-dealkylation sites (tertiary alicyclic amines) is 1. The number of thiophene rings is 1. The van der Waals surface area contributed by atoms with Crippen molar-refractivity contribution < 1.29 is 24.3 Å². The van der Waals surface area contributed by atoms with E-state index in [9.17, 15) is 14.7 Å². The van der Waals surface area contributed by atoms with Crippen molar-refractivity contribution >= 4 is 45.8 Å². The van der Waals surface area contributed by atoms with E-state index in [1.54, 1.807) is 16.3 Å². The van der Waals surface area contributed by atoms with Gasteiger partial charge in [0.05, 0.1) is 11.6 Å². The Balaban J connectivity index is 0.000000917. The van der Waals surface area contributed by atoms with Gasteiger partial charge in [-0.2, -0.15) is 20.9 Å². The number of Topliss-reactive ketones (excluding diaryl/α,β-unsaturated/α-hetero) is 1. The Hall–Kier alpha value is -4.26. The fraction of sp³-hybridized carbons (Fsp3) is 0.148. The quantitative estimate of drug-likeness (QED) is 0.243. The van der Waals surface area contributed by atoms with E-state index in [-0.39, 0.29) is 17.5 Å². The van der Waals surface area contributed by atoms with Crippen LogP contribution in [0.3, 0.4) is 0 Å². The molecular formula is C27H22N2O5S. The van der Waals surface area contributed by atoms with Gasteiger partial charge in [0.25, 0.3) is 11.7 Å². The molecule has 0 radical (unpaired) electrons. The van der Waals surface area contributed by atoms with Crippen LogP contribution in [0.5, 0.6) is 0 Å². The number of ketones is 1. The van der Waals surface area contributed by atoms with Crippen LogP contribution in [0, 0.1) is 6.92 Å². The number of hydrogen-bond acceptors (Lipinski definition) is 6. The van der Waals surface area contributed by atoms with E-state index in [4.69, 9.17) is 9.59 Å². The second-order valence-corrected chi connectivity index (χ2v) is 8.89. The largest absolute Gasteiger partial charge is 0.507 e. The third-order valence-corrected chi connectivity index (χ3v) is 6.71. The summed E-state index contributed by atoms with van der Waals surface area (Å²) in [4.78, 5) is 47.3. The Bertz CT molecular complexity index is 1430. The van der Waals surface area contributed by atoms with Crippen LogP contribution in [-0.2, 0) is 25.6 Å². The van der Waals surface area contributed by atoms with Gasteiger partial charge in [0.2, 0.25) is 0 Å². The Kier molecular flexibility index (Phi) is 7.06. The maximum absolute atomic E-state index is 13.1. The number of rotatable bonds is 5. The van der Waals surface area contributed by atoms with Gasteiger partial charge >= 0.3 is 6.15 Å². The zero-order chi connectivity index (χ0) is 24.9. The topological polar surface area (TPSA) is 108 Å². The Labute approximate surface area is 205 Å². The molecule has 1 atom stereocenters. The van der Waals surface area contributed by atoms with E-state index < -0.39 is 17.7 Å². The highest BCUT2D eigenvalue weighted by Gasteiger charge is 2.45. The summed E-state index contributed by atoms with van der Waals surface area (Å²) in [6.45, 7) is 2.36. The number of aliphatic hydroxyl groups excluding tert-OH is 1. The monoisotopic (exact) mass is 486 g/mol. The molecule has 7 nitrogen and oxygen atoms in total. The molecule has 0 aliphatic carbocycles. The smallest absolute Gasteiger partial charge is 0.373 e. The van der Waals surface area contributed by atoms with Gasteiger partial charge in [-0.25, -0.2) is 0 Å². The number of carbonyl (C=O) groups is 2. The molecule has 2 aromatic carbocycles. The van der Waals surface area contributed by atoms with E-state index in [2.05, 4.69) is 4.98 Å². The SMILES string of the molecule is Cc1ccc(C2C(=C(O)c3ccsc3)C(=O)C(=O)N2CCc2c[nH]c3ccccc23)cc1.O=C=O. The summed E-state index contributed by atoms with van der Waals surface area (Å²) >= 11 is 1.43. The zero-order valence-electron chi connectivity index (χ0n) is 18.9. The van der Waals surface area contributed by atoms with Crippen LogP contribution >= 0.6 is 11.3 Å². The second-order valence-electron chi connectivity index (χ2n) is 8.11. The average Bonchev–Trinajstić information content (AvgIpc) is 3.59. The van der Waals surface area contributed by atoms with Crippen molar-refractivity contribution in [2.75, 3.05) is 6.54 Å². The summed E-state index contributed by atoms with van der Waals surface area (Å²) in [5, 5.41) is 15.7. The lowest BCUT2D eigenvalue weighted by Crippen LogP contribution is -2.31. The molecule has 2 N–H and O–H groups in total. The number of fused-ring (bicyclic) bond motifs is 1. The minimum atomic E-state index is -0.641. The van der Waals surface area contributed by atoms with Crippen molar-refractivity contribution in [3.8, 4) is 0 Å². The van der Waals surface area contributed by atoms with Crippen LogP contribution in [0.1, 0.15) is 28.3 Å². The van der Waals surface area contributed by atoms with Gasteiger partial charge in [0, 0.05) is 34.6 Å². The van der Waals surface area contributed by atoms with Gasteiger partial charge in [-0.15, -0.1) is 0 Å². The normalized spacial score (nSPS) is 16.7. The van der Waals surface area contributed by atoms with E-state index >= 15 is 0 Å². The first-order chi connectivity index (χ1) is 17.0. The molecule has 2 aromatic heterocycles. The van der Waals surface area contributed by atoms with E-state index in [0.717, 1.165) is 27.6 Å². The predicted octanol–water partition coefficient (Wildman–Crippen LogP) is 4.62. The number of carbonyl (C=O) groups excluding carboxylic acids is 4. The summed E-state index contributed by atoms with van der Waals surface area (Å²) in [6.07, 6.45) is 2.80. The van der Waals surface area contributed by atoms with Crippen molar-refractivity contribution in [3.63, 3.8) is 0 Å². The summed E-state index contributed by atoms with van der Waals surface area (Å²) in [6, 6.07) is 16.9. The van der Waals surface area contributed by atoms with Crippen molar-refractivity contribution in [2.24, 2.45) is 0 Å². The number of nitrogens with zero attached hydrogens (tertiary/aromatic N) is 1. The van der Waals surface area contributed by atoms with Gasteiger partial charge in [-0.1, -0.05) is 48.0 Å². The maximum atomic E-state index is 13.1. The molecular weight excluding hydrogens is 464 g/mol. The molecule has 1 fully saturated rings. The first kappa shape index (κ1) is 23.9. The fourth-order valence-corrected chi connectivity index (χ4v) is 4.98. The third kappa shape index (κ3) is 4.71. The first-order valence-electron chi connectivity index (χ1n) is 10.9. The fourth-order valence-electron chi connectivity index (χ4n) is 4.34. The molecule has 1 aliphatic heterocycles. The Morgan fingerprint density at radius 2 is 1.80 bits per heavy atom. The molecule has 0 bridgehead atoms. The number of H-pyrrole nitrogens is 1. The molecule has 5 rings (SSSR count). The number of nitrogens with one attached hydrogen (secondary N) is 1. The molecule has 0 saturated carbocycles. The molecule has 4 aromatic rings. The highest BCUT2D eigenvalue weighted by Crippen LogP contribution is 2.40. The van der Waals surface area contributed by atoms with Gasteiger partial charge < -0.3 is 15.0 Å². The minimum absolute atomic E-state index is 0.121. The highest BCUT2D eigenvalue weighted by atomic mass is 32.1. The van der Waals surface area contributed by atoms with Gasteiger partial charge in [-0.05, 0) is 42.0 Å². The zero-order valence-corrected chi connectivity index (χ0v) is 19.7. The standard InChI is InChI=1S/C26H22N2O3S.CO2/c1-16-6-8-17(9-7-16)23-22(24(29)19-11-13-32-15-19)25(30)26(31)28(23)12-10-18-14-27-21-5-3-2-4-20(18)21;2-1-3/h2-9,11,13-15,23,27,29H,10,12H2,1H3;. The number of benzene rings is 2. The van der Waals surface area contributed by atoms with Crippen LogP contribution in [0.25, 0.3) is 16.7 Å². The van der Waals surface area contributed by atoms with Crippen LogP contribution in [-0.4, -0.2) is 39.4 Å². The summed E-state index contributed by atoms with van der Waals surface area (Å²) in [5.74, 6) is -1.34. The molecule has 1 aliphatic rings. The highest BCUT2D eigenvalue weighted by molar-refractivity contribution is 7.08. The third-order valence-electron chi connectivity index (χ3n) is 6.02. The molecule has 1 amide bonds. The lowest BCUT2D eigenvalue weighted by atomic mass is 9.95. The van der Waals surface area contributed by atoms with Gasteiger partial charge in [0.15, 0.2) is 0 Å². The van der Waals surface area contributed by atoms with Crippen molar-refractivity contribution in [3.05, 3.63) is 99.4 Å². The maximum Gasteiger partial charge on any atom is 0.373 e. The number of para-hydroxylation sites is 1. The lowest BCUT2D eigenvalue weighted by Gasteiger charge is -2.25. The number of aromatic amines is 1. The molecule has 3 heterocycles. The number of aryl methyl sites for hydroxylation is 1. The summed E-state index contributed by atoms with van der Waals surface area (Å²) < 4.78 is 0. The summed E-state index contributed by atoms with van der Waals surface area (Å²) in [5.41, 5.74) is 4.73. The number of amides is 1. The van der Waals surface area contributed by atoms with Crippen molar-refractivity contribution in [2.45, 2.75) is 19.4 Å². The van der Waals surface area contributed by atoms with Gasteiger partial charge in [-0.3, -0.25) is 9.59 Å². The van der Waals surface area contributed by atoms with Crippen LogP contribution in [0.2, 0.25) is 0 Å². The Morgan fingerprint density at radius 1 is 1.09 bits per heavy atom. The van der Waals surface area contributed by atoms with Crippen LogP contribution in [0.4, 0.5) is 0 Å². The first-order valence-corrected chi connectivity index (χ1v) is 11.8. The van der Waals surface area contributed by atoms with Crippen molar-refractivity contribution in [1.29, 1.82) is 0 Å². The molecule has 1 unspecified atom stereocenters. The number of aromatic nitrogens is 1. The lowest BCUT2D eigenvalue weighted by molar-refractivity contribution is -0.191. The van der Waals surface area contributed by atoms with E-state index in [1.807, 2.05) is 67.0 Å². The molecule has 35 heavy (non-hydrogen) atoms. The minimum Gasteiger partial charge on any atom is -0.507 e. The molecule has 0 spiro atoms. The van der Waals surface area contributed by atoms with E-state index in [0.29, 0.717) is 18.5 Å². The van der Waals surface area contributed by atoms with Crippen molar-refractivity contribution in [1.82, 2.24) is 9.88 Å². The van der Waals surface area contributed by atoms with Crippen LogP contribution in [0.15, 0.2) is 77.1 Å². The average molecular weight is 487 g/mol. The summed E-state index contributed by atoms with van der Waals surface area (Å²) in [7, 11) is 0. The van der Waals surface area contributed by atoms with Crippen LogP contribution < -0.4 is 0 Å². The molecule has 8 heteroatoms. The molecule has 176 valence electrons. The van der Waals surface area contributed by atoms with E-state index in [1.165, 1.54) is 11.3 Å². The predicted molar refractivity (Wildman–Crippen MR) is 132 cm³/mol. The number of aliphatic hydroxyl groups is 1. The molecule has 1 saturated heterocycles. The Morgan fingerprint density at radius 3 is 2.49 bits per heavy atom. The van der Waals surface area contributed by atoms with Gasteiger partial charge in [0.1, 0.15) is 5.76 Å². The second kappa shape index (κ2) is 10.3. The number of hydrogen-bond donors (Lipinski definition) is 2.